The van der Waals surface area contributed by atoms with Crippen LogP contribution in [0.1, 0.15) is 83.8 Å². The van der Waals surface area contributed by atoms with Gasteiger partial charge in [0.2, 0.25) is 6.29 Å². The average Bonchev–Trinajstić information content (AvgIpc) is 2.93. The van der Waals surface area contributed by atoms with Gasteiger partial charge >= 0.3 is 0 Å². The predicted octanol–water partition coefficient (Wildman–Crippen LogP) is 1.94. The smallest absolute Gasteiger partial charge is 0.229 e. The number of benzene rings is 1. The number of hydrogen-bond donors (Lipinski definition) is 3. The Bertz CT molecular complexity index is 1250. The van der Waals surface area contributed by atoms with Crippen LogP contribution in [0.25, 0.3) is 0 Å². The zero-order valence-electron chi connectivity index (χ0n) is 25.6. The van der Waals surface area contributed by atoms with Crippen molar-refractivity contribution in [1.29, 1.82) is 0 Å². The largest absolute Gasteiger partial charge is 0.547 e. The molecule has 10 nitrogen and oxygen atoms in total. The number of aliphatic hydroxyl groups is 3. The first kappa shape index (κ1) is 34.3. The number of aliphatic hydroxyl groups excluding tert-OH is 3. The fourth-order valence-corrected chi connectivity index (χ4v) is 5.33. The van der Waals surface area contributed by atoms with Crippen molar-refractivity contribution in [1.82, 2.24) is 0 Å². The highest BCUT2D eigenvalue weighted by atomic mass is 16.7. The van der Waals surface area contributed by atoms with E-state index in [0.717, 1.165) is 61.8 Å². The Labute approximate surface area is 253 Å². The van der Waals surface area contributed by atoms with E-state index in [1.165, 1.54) is 11.1 Å². The second-order valence-corrected chi connectivity index (χ2v) is 12.0. The molecule has 0 aliphatic carbocycles. The number of carboxylic acid groups (broad SMARTS) is 2. The summed E-state index contributed by atoms with van der Waals surface area (Å²) in [6.45, 7) is 9.71. The zero-order valence-corrected chi connectivity index (χ0v) is 25.6. The first-order valence-corrected chi connectivity index (χ1v) is 14.8. The van der Waals surface area contributed by atoms with Gasteiger partial charge in [-0.2, -0.15) is 0 Å². The molecule has 0 saturated carbocycles. The first-order chi connectivity index (χ1) is 20.2. The highest BCUT2D eigenvalue weighted by molar-refractivity contribution is 5.83. The van der Waals surface area contributed by atoms with Crippen LogP contribution in [0.3, 0.4) is 0 Å². The number of hydrogen-bond acceptors (Lipinski definition) is 10. The van der Waals surface area contributed by atoms with Gasteiger partial charge in [0, 0.05) is 0 Å². The van der Waals surface area contributed by atoms with E-state index in [9.17, 15) is 35.1 Å². The van der Waals surface area contributed by atoms with Crippen molar-refractivity contribution in [3.8, 4) is 11.5 Å². The summed E-state index contributed by atoms with van der Waals surface area (Å²) in [5.41, 5.74) is 4.18. The molecule has 0 bridgehead atoms. The number of fused-ring (bicyclic) bond motifs is 1. The van der Waals surface area contributed by atoms with E-state index in [1.54, 1.807) is 25.1 Å². The van der Waals surface area contributed by atoms with Crippen molar-refractivity contribution in [3.05, 3.63) is 58.2 Å². The van der Waals surface area contributed by atoms with Crippen LogP contribution in [0, 0.1) is 6.92 Å². The maximum atomic E-state index is 11.3. The predicted molar refractivity (Wildman–Crippen MR) is 155 cm³/mol. The van der Waals surface area contributed by atoms with E-state index in [2.05, 4.69) is 32.9 Å². The monoisotopic (exact) mass is 600 g/mol. The molecule has 1 aromatic rings. The van der Waals surface area contributed by atoms with Gasteiger partial charge < -0.3 is 49.3 Å². The van der Waals surface area contributed by atoms with Crippen molar-refractivity contribution in [2.24, 2.45) is 0 Å². The molecule has 2 heterocycles. The SMILES string of the molecule is C/C(=C\CC/C(C)=C/CC[C@]1(C)CCc2cc(O[C@@H]3O[C@H](C(=O)[O-])[C@@H](O)[C@H](O)[C@H]3O)cc(C)c2O1)CC/C=C(\C)C(=O)[O-]. The number of allylic oxidation sites excluding steroid dienone is 5. The topological polar surface area (TPSA) is 169 Å². The Kier molecular flexibility index (Phi) is 12.0. The average molecular weight is 601 g/mol. The number of rotatable bonds is 13. The molecule has 43 heavy (non-hydrogen) atoms. The van der Waals surface area contributed by atoms with Crippen molar-refractivity contribution < 1.29 is 49.3 Å². The molecule has 0 spiro atoms. The number of ether oxygens (including phenoxy) is 3. The van der Waals surface area contributed by atoms with Crippen LogP contribution in [0.5, 0.6) is 11.5 Å². The molecule has 0 amide bonds. The Balaban J connectivity index is 1.53. The number of carbonyl (C=O) groups is 2. The van der Waals surface area contributed by atoms with Crippen molar-refractivity contribution in [2.45, 2.75) is 122 Å². The molecule has 3 rings (SSSR count). The summed E-state index contributed by atoms with van der Waals surface area (Å²) in [6.07, 6.45) is 4.15. The van der Waals surface area contributed by atoms with E-state index in [1.807, 2.05) is 6.92 Å². The Morgan fingerprint density at radius 1 is 0.977 bits per heavy atom. The third-order valence-electron chi connectivity index (χ3n) is 8.16. The Hall–Kier alpha value is -3.18. The summed E-state index contributed by atoms with van der Waals surface area (Å²) in [7, 11) is 0. The van der Waals surface area contributed by atoms with Crippen molar-refractivity contribution in [3.63, 3.8) is 0 Å². The molecule has 1 fully saturated rings. The van der Waals surface area contributed by atoms with Crippen molar-refractivity contribution in [2.75, 3.05) is 0 Å². The lowest BCUT2D eigenvalue weighted by atomic mass is 9.87. The molecule has 0 radical (unpaired) electrons. The number of aliphatic carboxylic acids is 2. The molecule has 1 saturated heterocycles. The van der Waals surface area contributed by atoms with E-state index >= 15 is 0 Å². The van der Waals surface area contributed by atoms with Gasteiger partial charge in [0.1, 0.15) is 41.5 Å². The molecule has 10 heteroatoms. The second kappa shape index (κ2) is 15.0. The fourth-order valence-electron chi connectivity index (χ4n) is 5.33. The molecule has 238 valence electrons. The molecule has 0 aromatic heterocycles. The van der Waals surface area contributed by atoms with Gasteiger partial charge in [-0.15, -0.1) is 0 Å². The third kappa shape index (κ3) is 9.40. The van der Waals surface area contributed by atoms with Crippen LogP contribution < -0.4 is 19.7 Å². The van der Waals surface area contributed by atoms with Crippen LogP contribution in [-0.4, -0.2) is 63.6 Å². The number of carboxylic acids is 2. The number of aryl methyl sites for hydroxylation is 2. The summed E-state index contributed by atoms with van der Waals surface area (Å²) in [5.74, 6) is -1.76. The quantitative estimate of drug-likeness (QED) is 0.225. The van der Waals surface area contributed by atoms with Gasteiger partial charge in [-0.1, -0.05) is 29.4 Å². The lowest BCUT2D eigenvalue weighted by molar-refractivity contribution is -0.342. The first-order valence-electron chi connectivity index (χ1n) is 14.8. The van der Waals surface area contributed by atoms with E-state index in [0.29, 0.717) is 12.2 Å². The summed E-state index contributed by atoms with van der Waals surface area (Å²) < 4.78 is 17.4. The Morgan fingerprint density at radius 3 is 2.23 bits per heavy atom. The molecule has 2 aliphatic rings. The zero-order chi connectivity index (χ0) is 31.9. The molecule has 2 aliphatic heterocycles. The Morgan fingerprint density at radius 2 is 1.60 bits per heavy atom. The maximum absolute atomic E-state index is 11.3. The van der Waals surface area contributed by atoms with Crippen LogP contribution in [0.2, 0.25) is 0 Å². The summed E-state index contributed by atoms with van der Waals surface area (Å²) >= 11 is 0. The maximum Gasteiger partial charge on any atom is 0.229 e. The minimum absolute atomic E-state index is 0.268. The fraction of sp³-hybridized carbons (Fsp3) is 0.576. The standard InChI is InChI=1S/C33H46O10/c1-19(11-7-13-21(3)30(37)38)9-6-10-20(2)12-8-15-33(5)16-14-23-18-24(17-22(4)28(23)43-33)41-32-27(36)25(34)26(35)29(42-32)31(39)40/h9,12-13,17-18,25-27,29,32,34-36H,6-8,10-11,14-16H2,1-5H3,(H,37,38)(H,39,40)/p-2/b19-9+,20-12+,21-13+/t25-,26-,27+,29-,32+,33+/m0/s1. The van der Waals surface area contributed by atoms with Crippen LogP contribution in [-0.2, 0) is 20.7 Å². The molecule has 6 atom stereocenters. The molecular formula is C33H44O10-2. The van der Waals surface area contributed by atoms with E-state index in [4.69, 9.17) is 14.2 Å². The normalized spacial score (nSPS) is 28.2. The van der Waals surface area contributed by atoms with Gasteiger partial charge in [-0.25, -0.2) is 0 Å². The minimum Gasteiger partial charge on any atom is -0.547 e. The summed E-state index contributed by atoms with van der Waals surface area (Å²) in [6, 6.07) is 3.45. The second-order valence-electron chi connectivity index (χ2n) is 12.0. The van der Waals surface area contributed by atoms with E-state index < -0.39 is 42.6 Å². The van der Waals surface area contributed by atoms with Crippen LogP contribution in [0.15, 0.2) is 47.1 Å². The van der Waals surface area contributed by atoms with Crippen LogP contribution in [0.4, 0.5) is 0 Å². The lowest BCUT2D eigenvalue weighted by Crippen LogP contribution is -2.63. The van der Waals surface area contributed by atoms with Crippen molar-refractivity contribution >= 4 is 11.9 Å². The minimum atomic E-state index is -1.84. The van der Waals surface area contributed by atoms with Gasteiger partial charge in [0.05, 0.1) is 11.9 Å². The molecule has 0 unspecified atom stereocenters. The van der Waals surface area contributed by atoms with Crippen LogP contribution >= 0.6 is 0 Å². The van der Waals surface area contributed by atoms with Gasteiger partial charge in [-0.3, -0.25) is 0 Å². The van der Waals surface area contributed by atoms with Gasteiger partial charge in [0.25, 0.3) is 0 Å². The van der Waals surface area contributed by atoms with E-state index in [-0.39, 0.29) is 11.2 Å². The van der Waals surface area contributed by atoms with Gasteiger partial charge in [0.15, 0.2) is 0 Å². The number of carbonyl (C=O) groups excluding carboxylic acids is 2. The highest BCUT2D eigenvalue weighted by Gasteiger charge is 2.45. The lowest BCUT2D eigenvalue weighted by Gasteiger charge is -2.41. The molecular weight excluding hydrogens is 556 g/mol. The molecule has 3 N–H and O–H groups in total. The summed E-state index contributed by atoms with van der Waals surface area (Å²) in [5, 5.41) is 52.2. The molecule has 1 aromatic carbocycles. The summed E-state index contributed by atoms with van der Waals surface area (Å²) in [4.78, 5) is 22.1. The highest BCUT2D eigenvalue weighted by Crippen LogP contribution is 2.40. The third-order valence-corrected chi connectivity index (χ3v) is 8.16. The van der Waals surface area contributed by atoms with Gasteiger partial charge in [-0.05, 0) is 115 Å².